The van der Waals surface area contributed by atoms with Crippen molar-refractivity contribution in [2.45, 2.75) is 51.4 Å². The van der Waals surface area contributed by atoms with Crippen molar-refractivity contribution in [1.82, 2.24) is 0 Å². The maximum Gasteiger partial charge on any atom is 0.428 e. The second kappa shape index (κ2) is 4.97. The van der Waals surface area contributed by atoms with Gasteiger partial charge in [0, 0.05) is 5.56 Å². The van der Waals surface area contributed by atoms with Gasteiger partial charge in [-0.2, -0.15) is 8.42 Å². The number of aryl methyl sites for hydroxylation is 1. The molecule has 25 heavy (non-hydrogen) atoms. The third kappa shape index (κ3) is 2.17. The molecule has 1 aromatic carbocycles. The van der Waals surface area contributed by atoms with E-state index < -0.39 is 10.3 Å². The Kier molecular flexibility index (Phi) is 3.10. The Labute approximate surface area is 149 Å². The fraction of sp³-hybridized carbons (Fsp3) is 0.550. The molecule has 0 N–H and O–H groups in total. The van der Waals surface area contributed by atoms with Crippen LogP contribution in [0.4, 0.5) is 0 Å². The van der Waals surface area contributed by atoms with Crippen molar-refractivity contribution in [1.29, 1.82) is 0 Å². The Bertz CT molecular complexity index is 917. The van der Waals surface area contributed by atoms with Gasteiger partial charge in [0.2, 0.25) is 0 Å². The van der Waals surface area contributed by atoms with Crippen molar-refractivity contribution in [3.63, 3.8) is 0 Å². The smallest absolute Gasteiger partial charge is 0.365 e. The zero-order chi connectivity index (χ0) is 17.4. The van der Waals surface area contributed by atoms with Gasteiger partial charge in [0.05, 0.1) is 6.21 Å². The summed E-state index contributed by atoms with van der Waals surface area (Å²) in [5, 5.41) is 0. The summed E-state index contributed by atoms with van der Waals surface area (Å²) < 4.78 is 31.8. The number of hydrogen-bond donors (Lipinski definition) is 0. The topological polar surface area (TPSA) is 55.7 Å². The number of fused-ring (bicyclic) bond motifs is 6. The van der Waals surface area contributed by atoms with Crippen molar-refractivity contribution in [3.05, 3.63) is 41.0 Å². The van der Waals surface area contributed by atoms with Crippen LogP contribution in [-0.4, -0.2) is 14.6 Å². The van der Waals surface area contributed by atoms with E-state index in [2.05, 4.69) is 24.0 Å². The van der Waals surface area contributed by atoms with E-state index in [4.69, 9.17) is 4.18 Å². The predicted molar refractivity (Wildman–Crippen MR) is 97.3 cm³/mol. The van der Waals surface area contributed by atoms with Crippen LogP contribution in [0.1, 0.15) is 61.6 Å². The molecule has 1 aromatic rings. The van der Waals surface area contributed by atoms with Crippen LogP contribution in [0.2, 0.25) is 0 Å². The highest BCUT2D eigenvalue weighted by molar-refractivity contribution is 7.86. The molecule has 0 unspecified atom stereocenters. The Morgan fingerprint density at radius 2 is 2.08 bits per heavy atom. The minimum absolute atomic E-state index is 0.325. The molecular formula is C20H23NO3S. The van der Waals surface area contributed by atoms with Gasteiger partial charge in [0.15, 0.2) is 5.75 Å². The fourth-order valence-electron chi connectivity index (χ4n) is 5.95. The molecule has 0 amide bonds. The van der Waals surface area contributed by atoms with Crippen LogP contribution >= 0.6 is 0 Å². The largest absolute Gasteiger partial charge is 0.428 e. The van der Waals surface area contributed by atoms with E-state index in [-0.39, 0.29) is 0 Å². The van der Waals surface area contributed by atoms with Crippen molar-refractivity contribution in [3.8, 4) is 5.75 Å². The number of rotatable bonds is 0. The minimum Gasteiger partial charge on any atom is -0.365 e. The van der Waals surface area contributed by atoms with Crippen LogP contribution in [0.5, 0.6) is 5.75 Å². The van der Waals surface area contributed by atoms with E-state index in [0.29, 0.717) is 23.0 Å². The number of nitrogens with zero attached hydrogens (tertiary/aromatic N) is 1. The van der Waals surface area contributed by atoms with E-state index >= 15 is 0 Å². The van der Waals surface area contributed by atoms with Gasteiger partial charge in [-0.3, -0.25) is 0 Å². The van der Waals surface area contributed by atoms with Crippen LogP contribution in [0, 0.1) is 17.3 Å². The summed E-state index contributed by atoms with van der Waals surface area (Å²) in [5.41, 5.74) is 5.22. The first-order chi connectivity index (χ1) is 11.9. The summed E-state index contributed by atoms with van der Waals surface area (Å²) in [4.78, 5) is 0. The Morgan fingerprint density at radius 1 is 1.24 bits per heavy atom. The molecule has 1 heterocycles. The summed E-state index contributed by atoms with van der Waals surface area (Å²) >= 11 is 0. The standard InChI is InChI=1S/C20H23NO3S/c1-12-3-6-18-16-5-4-13-10-19-14(11-21-25(22,23)24-19)9-17(13)15(16)7-8-20(12,18)2/h9-11,15-16,18H,1,3-8H2,2H3/t15-,16+,18-,20+/m0/s1. The molecule has 1 aliphatic heterocycles. The van der Waals surface area contributed by atoms with Crippen LogP contribution in [-0.2, 0) is 16.7 Å². The number of allylic oxidation sites excluding steroid dienone is 1. The molecular weight excluding hydrogens is 334 g/mol. The maximum atomic E-state index is 11.6. The van der Waals surface area contributed by atoms with Gasteiger partial charge in [-0.05, 0) is 85.0 Å². The second-order valence-electron chi connectivity index (χ2n) is 8.35. The average molecular weight is 357 g/mol. The molecule has 0 aromatic heterocycles. The molecule has 2 fully saturated rings. The quantitative estimate of drug-likeness (QED) is 0.655. The zero-order valence-electron chi connectivity index (χ0n) is 14.5. The zero-order valence-corrected chi connectivity index (χ0v) is 15.3. The molecule has 4 atom stereocenters. The molecule has 0 spiro atoms. The van der Waals surface area contributed by atoms with Gasteiger partial charge < -0.3 is 4.18 Å². The molecule has 3 aliphatic carbocycles. The molecule has 132 valence electrons. The van der Waals surface area contributed by atoms with Crippen molar-refractivity contribution in [2.24, 2.45) is 21.6 Å². The van der Waals surface area contributed by atoms with Gasteiger partial charge in [-0.25, -0.2) is 0 Å². The monoisotopic (exact) mass is 357 g/mol. The fourth-order valence-corrected chi connectivity index (χ4v) is 6.61. The third-order valence-corrected chi connectivity index (χ3v) is 8.08. The molecule has 4 nitrogen and oxygen atoms in total. The molecule has 4 aliphatic rings. The van der Waals surface area contributed by atoms with Crippen LogP contribution in [0.15, 0.2) is 28.7 Å². The van der Waals surface area contributed by atoms with Gasteiger partial charge >= 0.3 is 10.3 Å². The van der Waals surface area contributed by atoms with E-state index in [9.17, 15) is 8.42 Å². The SMILES string of the molecule is C=C1CC[C@H]2[C@@H]3CCc4cc5c(cc4[C@H]3CC[C@]12C)C=NS(=O)(=O)O5. The first kappa shape index (κ1) is 15.6. The Morgan fingerprint density at radius 3 is 2.92 bits per heavy atom. The van der Waals surface area contributed by atoms with Gasteiger partial charge in [-0.15, -0.1) is 4.40 Å². The summed E-state index contributed by atoms with van der Waals surface area (Å²) in [7, 11) is -3.81. The summed E-state index contributed by atoms with van der Waals surface area (Å²) in [6.45, 7) is 6.80. The first-order valence-corrected chi connectivity index (χ1v) is 10.6. The van der Waals surface area contributed by atoms with Crippen LogP contribution < -0.4 is 4.18 Å². The van der Waals surface area contributed by atoms with E-state index in [1.165, 1.54) is 55.0 Å². The molecule has 0 radical (unpaired) electrons. The summed E-state index contributed by atoms with van der Waals surface area (Å²) in [6.07, 6.45) is 8.49. The Hall–Kier alpha value is -1.62. The average Bonchev–Trinajstić information content (AvgIpc) is 2.87. The summed E-state index contributed by atoms with van der Waals surface area (Å²) in [5.74, 6) is 2.47. The van der Waals surface area contributed by atoms with Crippen molar-refractivity contribution >= 4 is 16.5 Å². The lowest BCUT2D eigenvalue weighted by molar-refractivity contribution is 0.0816. The molecule has 2 saturated carbocycles. The normalized spacial score (nSPS) is 37.5. The lowest BCUT2D eigenvalue weighted by Gasteiger charge is -2.49. The van der Waals surface area contributed by atoms with E-state index in [0.717, 1.165) is 17.9 Å². The highest BCUT2D eigenvalue weighted by Crippen LogP contribution is 2.62. The van der Waals surface area contributed by atoms with Crippen LogP contribution in [0.3, 0.4) is 0 Å². The van der Waals surface area contributed by atoms with Gasteiger partial charge in [0.1, 0.15) is 0 Å². The third-order valence-electron chi connectivity index (χ3n) is 7.33. The van der Waals surface area contributed by atoms with E-state index in [1.54, 1.807) is 0 Å². The Balaban J connectivity index is 1.56. The molecule has 0 saturated heterocycles. The van der Waals surface area contributed by atoms with Gasteiger partial charge in [-0.1, -0.05) is 19.1 Å². The minimum atomic E-state index is -3.81. The molecule has 5 rings (SSSR count). The van der Waals surface area contributed by atoms with Gasteiger partial charge in [0.25, 0.3) is 0 Å². The predicted octanol–water partition coefficient (Wildman–Crippen LogP) is 4.16. The van der Waals surface area contributed by atoms with E-state index in [1.807, 2.05) is 6.07 Å². The van der Waals surface area contributed by atoms with Crippen molar-refractivity contribution in [2.75, 3.05) is 0 Å². The molecule has 5 heteroatoms. The molecule has 0 bridgehead atoms. The highest BCUT2D eigenvalue weighted by Gasteiger charge is 2.52. The second-order valence-corrected chi connectivity index (χ2v) is 9.58. The summed E-state index contributed by atoms with van der Waals surface area (Å²) in [6, 6.07) is 4.07. The number of benzene rings is 1. The van der Waals surface area contributed by atoms with Crippen molar-refractivity contribution < 1.29 is 12.6 Å². The maximum absolute atomic E-state index is 11.6. The lowest BCUT2D eigenvalue weighted by Crippen LogP contribution is -2.40. The number of hydrogen-bond acceptors (Lipinski definition) is 3. The first-order valence-electron chi connectivity index (χ1n) is 9.22. The van der Waals surface area contributed by atoms with Crippen LogP contribution in [0.25, 0.3) is 0 Å². The lowest BCUT2D eigenvalue weighted by atomic mass is 9.55. The highest BCUT2D eigenvalue weighted by atomic mass is 32.2.